The lowest BCUT2D eigenvalue weighted by Crippen LogP contribution is -1.97. The maximum absolute atomic E-state index is 5.82. The van der Waals surface area contributed by atoms with Crippen molar-refractivity contribution in [3.8, 4) is 11.5 Å². The zero-order valence-electron chi connectivity index (χ0n) is 10.1. The Balaban J connectivity index is 1.81. The Bertz CT molecular complexity index is 574. The molecule has 1 aliphatic heterocycles. The molecule has 1 aliphatic rings. The molecule has 0 N–H and O–H groups in total. The fourth-order valence-electron chi connectivity index (χ4n) is 1.75. The second-order valence-electron chi connectivity index (χ2n) is 4.08. The van der Waals surface area contributed by atoms with Gasteiger partial charge in [0.15, 0.2) is 11.5 Å². The lowest BCUT2D eigenvalue weighted by molar-refractivity contribution is 0.297. The summed E-state index contributed by atoms with van der Waals surface area (Å²) in [6.45, 7) is 1.40. The van der Waals surface area contributed by atoms with E-state index in [0.717, 1.165) is 27.8 Å². The van der Waals surface area contributed by atoms with Crippen molar-refractivity contribution >= 4 is 23.4 Å². The van der Waals surface area contributed by atoms with E-state index in [1.165, 1.54) is 0 Å². The summed E-state index contributed by atoms with van der Waals surface area (Å²) in [5, 5.41) is 1.54. The SMILES string of the molecule is Clc1ccc(Sc2ccc3c(c2)OCCCO3)nc1. The minimum absolute atomic E-state index is 0.642. The predicted molar refractivity (Wildman–Crippen MR) is 75.4 cm³/mol. The van der Waals surface area contributed by atoms with E-state index in [0.29, 0.717) is 18.2 Å². The molecule has 5 heteroatoms. The van der Waals surface area contributed by atoms with E-state index in [1.807, 2.05) is 30.3 Å². The third-order valence-electron chi connectivity index (χ3n) is 2.64. The van der Waals surface area contributed by atoms with Crippen LogP contribution in [0.15, 0.2) is 46.5 Å². The smallest absolute Gasteiger partial charge is 0.162 e. The summed E-state index contributed by atoms with van der Waals surface area (Å²) in [6.07, 6.45) is 2.56. The molecule has 98 valence electrons. The highest BCUT2D eigenvalue weighted by atomic mass is 35.5. The number of nitrogens with zero attached hydrogens (tertiary/aromatic N) is 1. The van der Waals surface area contributed by atoms with Crippen LogP contribution in [0.3, 0.4) is 0 Å². The van der Waals surface area contributed by atoms with Crippen LogP contribution in [0.25, 0.3) is 0 Å². The van der Waals surface area contributed by atoms with Gasteiger partial charge in [-0.05, 0) is 30.3 Å². The maximum atomic E-state index is 5.82. The Morgan fingerprint density at radius 2 is 1.89 bits per heavy atom. The van der Waals surface area contributed by atoms with Crippen LogP contribution in [0, 0.1) is 0 Å². The Morgan fingerprint density at radius 1 is 1.05 bits per heavy atom. The van der Waals surface area contributed by atoms with E-state index >= 15 is 0 Å². The fraction of sp³-hybridized carbons (Fsp3) is 0.214. The Labute approximate surface area is 120 Å². The van der Waals surface area contributed by atoms with E-state index in [9.17, 15) is 0 Å². The van der Waals surface area contributed by atoms with E-state index in [1.54, 1.807) is 18.0 Å². The van der Waals surface area contributed by atoms with Gasteiger partial charge in [0.1, 0.15) is 5.03 Å². The molecule has 0 bridgehead atoms. The summed E-state index contributed by atoms with van der Waals surface area (Å²) >= 11 is 7.39. The fourth-order valence-corrected chi connectivity index (χ4v) is 2.65. The number of fused-ring (bicyclic) bond motifs is 1. The summed E-state index contributed by atoms with van der Waals surface area (Å²) in [7, 11) is 0. The molecule has 2 heterocycles. The van der Waals surface area contributed by atoms with Crippen LogP contribution >= 0.6 is 23.4 Å². The molecule has 0 spiro atoms. The van der Waals surface area contributed by atoms with Gasteiger partial charge < -0.3 is 9.47 Å². The highest BCUT2D eigenvalue weighted by molar-refractivity contribution is 7.99. The molecule has 0 saturated heterocycles. The minimum atomic E-state index is 0.642. The number of hydrogen-bond acceptors (Lipinski definition) is 4. The second kappa shape index (κ2) is 5.72. The van der Waals surface area contributed by atoms with E-state index in [-0.39, 0.29) is 0 Å². The first-order valence-corrected chi connectivity index (χ1v) is 7.20. The van der Waals surface area contributed by atoms with Crippen molar-refractivity contribution in [2.24, 2.45) is 0 Å². The molecular formula is C14H12ClNO2S. The molecule has 19 heavy (non-hydrogen) atoms. The van der Waals surface area contributed by atoms with Crippen molar-refractivity contribution in [3.63, 3.8) is 0 Å². The van der Waals surface area contributed by atoms with Gasteiger partial charge in [-0.2, -0.15) is 0 Å². The lowest BCUT2D eigenvalue weighted by Gasteiger charge is -2.08. The standard InChI is InChI=1S/C14H12ClNO2S/c15-10-2-5-14(16-9-10)19-11-3-4-12-13(8-11)18-7-1-6-17-12/h2-5,8-9H,1,6-7H2. The quantitative estimate of drug-likeness (QED) is 0.836. The first kappa shape index (κ1) is 12.6. The number of hydrogen-bond donors (Lipinski definition) is 0. The molecule has 0 aliphatic carbocycles. The molecule has 0 saturated carbocycles. The van der Waals surface area contributed by atoms with Gasteiger partial charge in [-0.3, -0.25) is 0 Å². The van der Waals surface area contributed by atoms with Crippen molar-refractivity contribution < 1.29 is 9.47 Å². The average Bonchev–Trinajstić information content (AvgIpc) is 2.66. The first-order chi connectivity index (χ1) is 9.31. The summed E-state index contributed by atoms with van der Waals surface area (Å²) in [6, 6.07) is 9.67. The number of pyridine rings is 1. The summed E-state index contributed by atoms with van der Waals surface area (Å²) in [5.74, 6) is 1.61. The lowest BCUT2D eigenvalue weighted by atomic mass is 10.3. The molecule has 0 fully saturated rings. The Hall–Kier alpha value is -1.39. The number of halogens is 1. The van der Waals surface area contributed by atoms with Gasteiger partial charge in [0.05, 0.1) is 18.2 Å². The van der Waals surface area contributed by atoms with Gasteiger partial charge in [-0.1, -0.05) is 23.4 Å². The number of rotatable bonds is 2. The Kier molecular flexibility index (Phi) is 3.80. The minimum Gasteiger partial charge on any atom is -0.490 e. The largest absolute Gasteiger partial charge is 0.490 e. The van der Waals surface area contributed by atoms with Crippen LogP contribution in [-0.2, 0) is 0 Å². The van der Waals surface area contributed by atoms with Crippen molar-refractivity contribution in [1.82, 2.24) is 4.98 Å². The van der Waals surface area contributed by atoms with Gasteiger partial charge in [0.25, 0.3) is 0 Å². The molecule has 0 unspecified atom stereocenters. The van der Waals surface area contributed by atoms with Crippen molar-refractivity contribution in [2.75, 3.05) is 13.2 Å². The highest BCUT2D eigenvalue weighted by Gasteiger charge is 2.11. The van der Waals surface area contributed by atoms with Gasteiger partial charge in [0, 0.05) is 17.5 Å². The first-order valence-electron chi connectivity index (χ1n) is 6.00. The van der Waals surface area contributed by atoms with E-state index < -0.39 is 0 Å². The molecule has 2 aromatic rings. The number of ether oxygens (including phenoxy) is 2. The molecule has 1 aromatic carbocycles. The van der Waals surface area contributed by atoms with E-state index in [4.69, 9.17) is 21.1 Å². The molecular weight excluding hydrogens is 282 g/mol. The zero-order chi connectivity index (χ0) is 13.1. The van der Waals surface area contributed by atoms with E-state index in [2.05, 4.69) is 4.98 Å². The zero-order valence-corrected chi connectivity index (χ0v) is 11.7. The summed E-state index contributed by atoms with van der Waals surface area (Å²) < 4.78 is 11.3. The molecule has 0 amide bonds. The maximum Gasteiger partial charge on any atom is 0.162 e. The van der Waals surface area contributed by atoms with Gasteiger partial charge >= 0.3 is 0 Å². The van der Waals surface area contributed by atoms with Gasteiger partial charge in [-0.25, -0.2) is 4.98 Å². The number of aromatic nitrogens is 1. The second-order valence-corrected chi connectivity index (χ2v) is 5.61. The van der Waals surface area contributed by atoms with Crippen LogP contribution < -0.4 is 9.47 Å². The monoisotopic (exact) mass is 293 g/mol. The molecule has 0 atom stereocenters. The van der Waals surface area contributed by atoms with Crippen molar-refractivity contribution in [3.05, 3.63) is 41.6 Å². The predicted octanol–water partition coefficient (Wildman–Crippen LogP) is 4.05. The van der Waals surface area contributed by atoms with Crippen LogP contribution in [0.2, 0.25) is 5.02 Å². The van der Waals surface area contributed by atoms with Gasteiger partial charge in [-0.15, -0.1) is 0 Å². The molecule has 0 radical (unpaired) electrons. The Morgan fingerprint density at radius 3 is 2.68 bits per heavy atom. The number of benzene rings is 1. The molecule has 3 nitrogen and oxygen atoms in total. The van der Waals surface area contributed by atoms with Gasteiger partial charge in [0.2, 0.25) is 0 Å². The normalized spacial score (nSPS) is 13.9. The average molecular weight is 294 g/mol. The topological polar surface area (TPSA) is 31.4 Å². The summed E-state index contributed by atoms with van der Waals surface area (Å²) in [4.78, 5) is 5.33. The van der Waals surface area contributed by atoms with Crippen LogP contribution in [0.1, 0.15) is 6.42 Å². The third-order valence-corrected chi connectivity index (χ3v) is 3.81. The molecule has 1 aromatic heterocycles. The van der Waals surface area contributed by atoms with Crippen LogP contribution in [0.4, 0.5) is 0 Å². The molecule has 3 rings (SSSR count). The summed E-state index contributed by atoms with van der Waals surface area (Å²) in [5.41, 5.74) is 0. The van der Waals surface area contributed by atoms with Crippen LogP contribution in [0.5, 0.6) is 11.5 Å². The van der Waals surface area contributed by atoms with Crippen LogP contribution in [-0.4, -0.2) is 18.2 Å². The van der Waals surface area contributed by atoms with Crippen molar-refractivity contribution in [2.45, 2.75) is 16.3 Å². The van der Waals surface area contributed by atoms with Crippen molar-refractivity contribution in [1.29, 1.82) is 0 Å². The highest BCUT2D eigenvalue weighted by Crippen LogP contribution is 2.36. The third kappa shape index (κ3) is 3.14.